The van der Waals surface area contributed by atoms with E-state index in [1.54, 1.807) is 11.3 Å². The highest BCUT2D eigenvalue weighted by atomic mass is 35.5. The molecule has 1 atom stereocenters. The van der Waals surface area contributed by atoms with E-state index in [4.69, 9.17) is 23.2 Å². The van der Waals surface area contributed by atoms with Gasteiger partial charge in [-0.15, -0.1) is 11.3 Å². The number of amides is 1. The molecule has 0 aliphatic rings. The monoisotopic (exact) mass is 500 g/mol. The zero-order valence-electron chi connectivity index (χ0n) is 16.4. The van der Waals surface area contributed by atoms with E-state index >= 15 is 0 Å². The third-order valence-corrected chi connectivity index (χ3v) is 7.82. The maximum Gasteiger partial charge on any atom is 0.265 e. The van der Waals surface area contributed by atoms with Gasteiger partial charge in [0, 0.05) is 21.5 Å². The fourth-order valence-corrected chi connectivity index (χ4v) is 5.56. The number of carbonyl (C=O) groups is 1. The Morgan fingerprint density at radius 3 is 2.45 bits per heavy atom. The van der Waals surface area contributed by atoms with Crippen LogP contribution in [0.2, 0.25) is 10.0 Å². The fourth-order valence-electron chi connectivity index (χ4n) is 2.94. The summed E-state index contributed by atoms with van der Waals surface area (Å²) < 4.78 is 42.2. The molecule has 0 saturated heterocycles. The first-order chi connectivity index (χ1) is 14.7. The van der Waals surface area contributed by atoms with Gasteiger partial charge in [-0.2, -0.15) is 0 Å². The molecule has 1 amide bonds. The molecule has 0 aliphatic heterocycles. The molecule has 0 spiro atoms. The summed E-state index contributed by atoms with van der Waals surface area (Å²) in [5, 5.41) is 5.14. The first-order valence-corrected chi connectivity index (χ1v) is 12.3. The molecule has 3 aromatic rings. The Labute approximate surface area is 194 Å². The van der Waals surface area contributed by atoms with Gasteiger partial charge in [0.1, 0.15) is 11.9 Å². The van der Waals surface area contributed by atoms with Crippen LogP contribution >= 0.6 is 34.5 Å². The average molecular weight is 501 g/mol. The van der Waals surface area contributed by atoms with Crippen molar-refractivity contribution >= 4 is 56.2 Å². The van der Waals surface area contributed by atoms with Crippen LogP contribution in [0.15, 0.2) is 64.9 Å². The molecule has 3 rings (SSSR count). The zero-order valence-corrected chi connectivity index (χ0v) is 19.5. The van der Waals surface area contributed by atoms with Crippen LogP contribution < -0.4 is 9.62 Å². The lowest BCUT2D eigenvalue weighted by Crippen LogP contribution is -2.48. The highest BCUT2D eigenvalue weighted by Gasteiger charge is 2.35. The Hall–Kier alpha value is -2.13. The molecule has 0 unspecified atom stereocenters. The van der Waals surface area contributed by atoms with Crippen LogP contribution in [0.1, 0.15) is 11.8 Å². The number of sulfonamides is 1. The smallest absolute Gasteiger partial charge is 0.265 e. The van der Waals surface area contributed by atoms with Crippen molar-refractivity contribution in [3.8, 4) is 0 Å². The topological polar surface area (TPSA) is 66.5 Å². The minimum atomic E-state index is -4.31. The molecule has 1 heterocycles. The number of carbonyl (C=O) groups excluding carboxylic acids is 1. The first kappa shape index (κ1) is 23.5. The molecule has 0 fully saturated rings. The summed E-state index contributed by atoms with van der Waals surface area (Å²) in [4.78, 5) is 13.8. The maximum atomic E-state index is 14.7. The second kappa shape index (κ2) is 9.99. The Kier molecular flexibility index (Phi) is 7.59. The molecule has 0 aliphatic carbocycles. The van der Waals surface area contributed by atoms with E-state index in [9.17, 15) is 17.6 Å². The average Bonchev–Trinajstić information content (AvgIpc) is 3.24. The number of nitrogens with one attached hydrogen (secondary N) is 1. The lowest BCUT2D eigenvalue weighted by molar-refractivity contribution is -0.121. The van der Waals surface area contributed by atoms with Gasteiger partial charge in [-0.1, -0.05) is 29.3 Å². The summed E-state index contributed by atoms with van der Waals surface area (Å²) in [6, 6.07) is 11.6. The molecule has 0 radical (unpaired) electrons. The van der Waals surface area contributed by atoms with Gasteiger partial charge in [-0.3, -0.25) is 9.10 Å². The van der Waals surface area contributed by atoms with Gasteiger partial charge in [0.25, 0.3) is 10.0 Å². The lowest BCUT2D eigenvalue weighted by Gasteiger charge is -2.30. The predicted octanol–water partition coefficient (Wildman–Crippen LogP) is 5.14. The minimum Gasteiger partial charge on any atom is -0.354 e. The van der Waals surface area contributed by atoms with Crippen LogP contribution in [0.25, 0.3) is 0 Å². The number of hydrogen-bond acceptors (Lipinski definition) is 4. The summed E-state index contributed by atoms with van der Waals surface area (Å²) in [5.74, 6) is -1.38. The van der Waals surface area contributed by atoms with Crippen molar-refractivity contribution in [3.63, 3.8) is 0 Å². The minimum absolute atomic E-state index is 0.130. The molecule has 164 valence electrons. The Bertz CT molecular complexity index is 1150. The molecule has 31 heavy (non-hydrogen) atoms. The normalized spacial score (nSPS) is 12.4. The quantitative estimate of drug-likeness (QED) is 0.465. The number of rotatable bonds is 8. The summed E-state index contributed by atoms with van der Waals surface area (Å²) in [5.41, 5.74) is -0.316. The van der Waals surface area contributed by atoms with E-state index in [1.165, 1.54) is 43.3 Å². The molecule has 0 bridgehead atoms. The second-order valence-corrected chi connectivity index (χ2v) is 10.4. The molecule has 10 heteroatoms. The van der Waals surface area contributed by atoms with Gasteiger partial charge in [-0.05, 0) is 67.3 Å². The van der Waals surface area contributed by atoms with Crippen molar-refractivity contribution in [3.05, 3.63) is 80.7 Å². The second-order valence-electron chi connectivity index (χ2n) is 6.65. The molecule has 1 N–H and O–H groups in total. The van der Waals surface area contributed by atoms with Crippen molar-refractivity contribution in [2.75, 3.05) is 10.8 Å². The van der Waals surface area contributed by atoms with E-state index < -0.39 is 27.8 Å². The van der Waals surface area contributed by atoms with E-state index in [2.05, 4.69) is 5.32 Å². The van der Waals surface area contributed by atoms with Gasteiger partial charge in [0.05, 0.1) is 10.6 Å². The summed E-state index contributed by atoms with van der Waals surface area (Å²) >= 11 is 13.4. The molecule has 0 saturated carbocycles. The van der Waals surface area contributed by atoms with Crippen LogP contribution in [-0.2, 0) is 21.2 Å². The van der Waals surface area contributed by atoms with Crippen LogP contribution in [0.5, 0.6) is 0 Å². The van der Waals surface area contributed by atoms with Crippen LogP contribution in [0.4, 0.5) is 10.1 Å². The number of benzene rings is 2. The van der Waals surface area contributed by atoms with Crippen molar-refractivity contribution in [1.29, 1.82) is 0 Å². The van der Waals surface area contributed by atoms with Crippen molar-refractivity contribution in [2.45, 2.75) is 24.3 Å². The van der Waals surface area contributed by atoms with Gasteiger partial charge < -0.3 is 5.32 Å². The first-order valence-electron chi connectivity index (χ1n) is 9.25. The molecular formula is C21H19Cl2FN2O3S2. The standard InChI is InChI=1S/C21H19Cl2FN2O3S2/c1-14(21(27)25-11-10-17-3-2-12-30-17)26(20-13-16(23)6-9-19(20)24)31(28,29)18-7-4-15(22)5-8-18/h2-9,12-14H,10-11H2,1H3,(H,25,27)/t14-/m1/s1. The number of nitrogens with zero attached hydrogens (tertiary/aromatic N) is 1. The molecule has 5 nitrogen and oxygen atoms in total. The number of halogens is 3. The zero-order chi connectivity index (χ0) is 22.6. The number of anilines is 1. The summed E-state index contributed by atoms with van der Waals surface area (Å²) in [6.45, 7) is 1.71. The molecule has 2 aromatic carbocycles. The Balaban J connectivity index is 1.94. The van der Waals surface area contributed by atoms with Gasteiger partial charge in [0.2, 0.25) is 5.91 Å². The summed E-state index contributed by atoms with van der Waals surface area (Å²) in [7, 11) is -4.31. The van der Waals surface area contributed by atoms with Crippen LogP contribution in [-0.4, -0.2) is 26.9 Å². The third kappa shape index (κ3) is 5.57. The lowest BCUT2D eigenvalue weighted by atomic mass is 10.2. The van der Waals surface area contributed by atoms with E-state index in [0.717, 1.165) is 15.2 Å². The third-order valence-electron chi connectivity index (χ3n) is 4.50. The highest BCUT2D eigenvalue weighted by molar-refractivity contribution is 7.93. The summed E-state index contributed by atoms with van der Waals surface area (Å²) in [6.07, 6.45) is 0.603. The SMILES string of the molecule is C[C@H](C(=O)NCCc1cccs1)N(c1cc(Cl)ccc1F)S(=O)(=O)c1ccc(Cl)cc1. The Morgan fingerprint density at radius 1 is 1.13 bits per heavy atom. The van der Waals surface area contributed by atoms with Gasteiger partial charge in [0.15, 0.2) is 0 Å². The van der Waals surface area contributed by atoms with Crippen LogP contribution in [0, 0.1) is 5.82 Å². The predicted molar refractivity (Wildman–Crippen MR) is 123 cm³/mol. The van der Waals surface area contributed by atoms with E-state index in [-0.39, 0.29) is 15.6 Å². The van der Waals surface area contributed by atoms with Gasteiger partial charge in [-0.25, -0.2) is 12.8 Å². The van der Waals surface area contributed by atoms with E-state index in [1.807, 2.05) is 17.5 Å². The largest absolute Gasteiger partial charge is 0.354 e. The highest BCUT2D eigenvalue weighted by Crippen LogP contribution is 2.31. The van der Waals surface area contributed by atoms with Crippen LogP contribution in [0.3, 0.4) is 0 Å². The van der Waals surface area contributed by atoms with Crippen molar-refractivity contribution < 1.29 is 17.6 Å². The van der Waals surface area contributed by atoms with Gasteiger partial charge >= 0.3 is 0 Å². The van der Waals surface area contributed by atoms with Crippen molar-refractivity contribution in [1.82, 2.24) is 5.32 Å². The fraction of sp³-hybridized carbons (Fsp3) is 0.190. The molecule has 1 aromatic heterocycles. The number of thiophene rings is 1. The number of hydrogen-bond donors (Lipinski definition) is 1. The molecular weight excluding hydrogens is 482 g/mol. The maximum absolute atomic E-state index is 14.7. The Morgan fingerprint density at radius 2 is 1.81 bits per heavy atom. The van der Waals surface area contributed by atoms with E-state index in [0.29, 0.717) is 18.0 Å². The van der Waals surface area contributed by atoms with Crippen molar-refractivity contribution in [2.24, 2.45) is 0 Å².